The summed E-state index contributed by atoms with van der Waals surface area (Å²) in [6.07, 6.45) is 0.702. The summed E-state index contributed by atoms with van der Waals surface area (Å²) in [5, 5.41) is 0. The molecule has 0 spiro atoms. The molecule has 2 rings (SSSR count). The van der Waals surface area contributed by atoms with Crippen molar-refractivity contribution in [1.82, 2.24) is 4.90 Å². The molecule has 1 fully saturated rings. The summed E-state index contributed by atoms with van der Waals surface area (Å²) >= 11 is 0. The number of benzene rings is 1. The smallest absolute Gasteiger partial charge is 0.123 e. The summed E-state index contributed by atoms with van der Waals surface area (Å²) in [5.74, 6) is 1.77. The zero-order valence-corrected chi connectivity index (χ0v) is 17.9. The van der Waals surface area contributed by atoms with Crippen molar-refractivity contribution in [1.29, 1.82) is 0 Å². The summed E-state index contributed by atoms with van der Waals surface area (Å²) < 4.78 is 18.1. The van der Waals surface area contributed by atoms with Crippen LogP contribution in [0.15, 0.2) is 24.3 Å². The van der Waals surface area contributed by atoms with Crippen LogP contribution in [-0.4, -0.2) is 56.6 Å². The molecule has 5 heteroatoms. The normalized spacial score (nSPS) is 24.6. The van der Waals surface area contributed by atoms with Crippen molar-refractivity contribution in [2.75, 3.05) is 19.6 Å². The fraction of sp³-hybridized carbons (Fsp3) is 0.700. The van der Waals surface area contributed by atoms with Gasteiger partial charge in [0.25, 0.3) is 0 Å². The Labute approximate surface area is 154 Å². The molecule has 0 radical (unpaired) electrons. The van der Waals surface area contributed by atoms with Crippen LogP contribution < -0.4 is 9.47 Å². The van der Waals surface area contributed by atoms with Gasteiger partial charge in [-0.3, -0.25) is 4.90 Å². The van der Waals surface area contributed by atoms with Crippen LogP contribution in [0.2, 0.25) is 19.6 Å². The van der Waals surface area contributed by atoms with Crippen LogP contribution in [0.4, 0.5) is 0 Å². The van der Waals surface area contributed by atoms with E-state index in [2.05, 4.69) is 52.2 Å². The van der Waals surface area contributed by atoms with E-state index in [0.29, 0.717) is 0 Å². The molecule has 4 atom stereocenters. The molecule has 25 heavy (non-hydrogen) atoms. The van der Waals surface area contributed by atoms with E-state index in [0.717, 1.165) is 31.1 Å². The zero-order chi connectivity index (χ0) is 18.6. The van der Waals surface area contributed by atoms with Gasteiger partial charge in [-0.15, -0.1) is 0 Å². The molecule has 0 bridgehead atoms. The lowest BCUT2D eigenvalue weighted by molar-refractivity contribution is -0.0740. The third-order valence-corrected chi connectivity index (χ3v) is 7.24. The van der Waals surface area contributed by atoms with Gasteiger partial charge in [0.2, 0.25) is 0 Å². The molecule has 0 saturated carbocycles. The van der Waals surface area contributed by atoms with Gasteiger partial charge in [0.15, 0.2) is 0 Å². The van der Waals surface area contributed by atoms with Gasteiger partial charge in [0, 0.05) is 25.7 Å². The Morgan fingerprint density at radius 2 is 1.64 bits per heavy atom. The van der Waals surface area contributed by atoms with Crippen LogP contribution in [-0.2, 0) is 4.74 Å². The molecule has 0 N–H and O–H groups in total. The monoisotopic (exact) mass is 365 g/mol. The Morgan fingerprint density at radius 1 is 1.08 bits per heavy atom. The summed E-state index contributed by atoms with van der Waals surface area (Å²) in [7, 11) is -1.32. The van der Waals surface area contributed by atoms with Gasteiger partial charge in [-0.05, 0) is 39.8 Å². The Bertz CT molecular complexity index is 536. The van der Waals surface area contributed by atoms with Gasteiger partial charge >= 0.3 is 0 Å². The van der Waals surface area contributed by atoms with E-state index in [9.17, 15) is 0 Å². The first-order chi connectivity index (χ1) is 11.6. The van der Waals surface area contributed by atoms with Gasteiger partial charge in [-0.2, -0.15) is 0 Å². The highest BCUT2D eigenvalue weighted by molar-refractivity contribution is 6.77. The first-order valence-electron chi connectivity index (χ1n) is 9.44. The zero-order valence-electron chi connectivity index (χ0n) is 16.9. The van der Waals surface area contributed by atoms with Crippen LogP contribution >= 0.6 is 0 Å². The maximum atomic E-state index is 6.14. The lowest BCUT2D eigenvalue weighted by atomic mass is 10.2. The van der Waals surface area contributed by atoms with Crippen molar-refractivity contribution in [3.8, 4) is 11.5 Å². The number of hydrogen-bond donors (Lipinski definition) is 0. The quantitative estimate of drug-likeness (QED) is 0.677. The van der Waals surface area contributed by atoms with Crippen molar-refractivity contribution >= 4 is 8.07 Å². The molecule has 1 aliphatic rings. The minimum atomic E-state index is -1.32. The summed E-state index contributed by atoms with van der Waals surface area (Å²) in [6.45, 7) is 18.4. The SMILES string of the molecule is CC(CN1CC(C)OC(C)C1)Oc1cccc(OC(C)[Si](C)(C)C)c1. The molecular weight excluding hydrogens is 330 g/mol. The highest BCUT2D eigenvalue weighted by Crippen LogP contribution is 2.24. The molecule has 4 unspecified atom stereocenters. The molecule has 0 aliphatic carbocycles. The van der Waals surface area contributed by atoms with E-state index in [4.69, 9.17) is 14.2 Å². The number of rotatable bonds is 7. The second-order valence-corrected chi connectivity index (χ2v) is 14.1. The molecule has 1 aromatic rings. The maximum Gasteiger partial charge on any atom is 0.123 e. The minimum absolute atomic E-state index is 0.127. The molecule has 142 valence electrons. The predicted molar refractivity (Wildman–Crippen MR) is 106 cm³/mol. The van der Waals surface area contributed by atoms with Crippen LogP contribution in [0.25, 0.3) is 0 Å². The molecule has 0 aromatic heterocycles. The number of morpholine rings is 1. The molecule has 4 nitrogen and oxygen atoms in total. The predicted octanol–water partition coefficient (Wildman–Crippen LogP) is 4.21. The number of nitrogens with zero attached hydrogens (tertiary/aromatic N) is 1. The molecule has 0 amide bonds. The average molecular weight is 366 g/mol. The summed E-state index contributed by atoms with van der Waals surface area (Å²) in [4.78, 5) is 2.43. The Kier molecular flexibility index (Phi) is 6.94. The first-order valence-corrected chi connectivity index (χ1v) is 13.0. The van der Waals surface area contributed by atoms with E-state index in [1.807, 2.05) is 24.3 Å². The van der Waals surface area contributed by atoms with Gasteiger partial charge in [-0.1, -0.05) is 25.7 Å². The Balaban J connectivity index is 1.90. The molecule has 1 heterocycles. The minimum Gasteiger partial charge on any atom is -0.494 e. The van der Waals surface area contributed by atoms with Crippen LogP contribution in [0.5, 0.6) is 11.5 Å². The number of ether oxygens (including phenoxy) is 3. The van der Waals surface area contributed by atoms with Gasteiger partial charge in [0.1, 0.15) is 17.6 Å². The molecule has 1 saturated heterocycles. The van der Waals surface area contributed by atoms with E-state index < -0.39 is 8.07 Å². The van der Waals surface area contributed by atoms with Gasteiger partial charge < -0.3 is 14.2 Å². The highest BCUT2D eigenvalue weighted by atomic mass is 28.3. The fourth-order valence-electron chi connectivity index (χ4n) is 3.07. The molecule has 1 aromatic carbocycles. The summed E-state index contributed by atoms with van der Waals surface area (Å²) in [6, 6.07) is 8.04. The van der Waals surface area contributed by atoms with Crippen molar-refractivity contribution in [3.05, 3.63) is 24.3 Å². The second-order valence-electron chi connectivity index (χ2n) is 8.51. The van der Waals surface area contributed by atoms with Crippen molar-refractivity contribution < 1.29 is 14.2 Å². The van der Waals surface area contributed by atoms with Crippen molar-refractivity contribution in [2.24, 2.45) is 0 Å². The largest absolute Gasteiger partial charge is 0.494 e. The Hall–Kier alpha value is -1.04. The van der Waals surface area contributed by atoms with E-state index >= 15 is 0 Å². The standard InChI is InChI=1S/C20H35NO3Si/c1-15-12-21(13-16(2)22-15)14-17(3)23-19-9-8-10-20(11-19)24-18(4)25(5,6)7/h8-11,15-18H,12-14H2,1-7H3. The van der Waals surface area contributed by atoms with Crippen LogP contribution in [0.1, 0.15) is 27.7 Å². The van der Waals surface area contributed by atoms with E-state index in [-0.39, 0.29) is 24.0 Å². The molecule has 1 aliphatic heterocycles. The maximum absolute atomic E-state index is 6.14. The first kappa shape index (κ1) is 20.3. The average Bonchev–Trinajstić information content (AvgIpc) is 2.45. The number of hydrogen-bond acceptors (Lipinski definition) is 4. The van der Waals surface area contributed by atoms with E-state index in [1.54, 1.807) is 0 Å². The van der Waals surface area contributed by atoms with Gasteiger partial charge in [-0.25, -0.2) is 0 Å². The van der Waals surface area contributed by atoms with Crippen LogP contribution in [0.3, 0.4) is 0 Å². The Morgan fingerprint density at radius 3 is 2.20 bits per heavy atom. The van der Waals surface area contributed by atoms with Crippen molar-refractivity contribution in [3.63, 3.8) is 0 Å². The van der Waals surface area contributed by atoms with Gasteiger partial charge in [0.05, 0.1) is 26.0 Å². The lowest BCUT2D eigenvalue weighted by Crippen LogP contribution is -2.48. The lowest BCUT2D eigenvalue weighted by Gasteiger charge is -2.36. The second kappa shape index (κ2) is 8.56. The van der Waals surface area contributed by atoms with E-state index in [1.165, 1.54) is 0 Å². The summed E-state index contributed by atoms with van der Waals surface area (Å²) in [5.41, 5.74) is 0.275. The third-order valence-electron chi connectivity index (χ3n) is 4.69. The highest BCUT2D eigenvalue weighted by Gasteiger charge is 2.25. The van der Waals surface area contributed by atoms with Crippen LogP contribution in [0, 0.1) is 0 Å². The van der Waals surface area contributed by atoms with Crippen molar-refractivity contribution in [2.45, 2.75) is 71.4 Å². The third kappa shape index (κ3) is 6.64. The topological polar surface area (TPSA) is 30.9 Å². The fourth-order valence-corrected chi connectivity index (χ4v) is 3.56. The molecular formula is C20H35NO3Si.